The molecule has 0 radical (unpaired) electrons. The van der Waals surface area contributed by atoms with Crippen LogP contribution >= 0.6 is 11.3 Å². The minimum absolute atomic E-state index is 0.241. The van der Waals surface area contributed by atoms with Crippen molar-refractivity contribution in [3.8, 4) is 0 Å². The monoisotopic (exact) mass is 253 g/mol. The zero-order valence-electron chi connectivity index (χ0n) is 10.2. The number of aromatic nitrogens is 1. The van der Waals surface area contributed by atoms with Gasteiger partial charge in [-0.25, -0.2) is 4.98 Å². The molecule has 0 bridgehead atoms. The van der Waals surface area contributed by atoms with Crippen LogP contribution in [0.4, 0.5) is 0 Å². The largest absolute Gasteiger partial charge is 0.340 e. The highest BCUT2D eigenvalue weighted by molar-refractivity contribution is 7.07. The van der Waals surface area contributed by atoms with E-state index in [1.54, 1.807) is 21.7 Å². The molecule has 1 amide bonds. The van der Waals surface area contributed by atoms with Crippen LogP contribution in [-0.4, -0.2) is 35.9 Å². The quantitative estimate of drug-likeness (QED) is 0.884. The number of hydrogen-bond acceptors (Lipinski definition) is 4. The van der Waals surface area contributed by atoms with Gasteiger partial charge in [-0.05, 0) is 31.8 Å². The Balaban J connectivity index is 1.78. The molecule has 5 heteroatoms. The predicted molar refractivity (Wildman–Crippen MR) is 68.8 cm³/mol. The Hall–Kier alpha value is -0.940. The molecule has 1 aromatic rings. The van der Waals surface area contributed by atoms with Crippen molar-refractivity contribution in [2.75, 3.05) is 20.1 Å². The summed E-state index contributed by atoms with van der Waals surface area (Å²) in [7, 11) is 1.86. The lowest BCUT2D eigenvalue weighted by Gasteiger charge is -2.24. The summed E-state index contributed by atoms with van der Waals surface area (Å²) in [5.41, 5.74) is 2.79. The third-order valence-corrected chi connectivity index (χ3v) is 3.87. The molecule has 94 valence electrons. The van der Waals surface area contributed by atoms with E-state index in [1.807, 2.05) is 12.4 Å². The minimum atomic E-state index is 0.241. The van der Waals surface area contributed by atoms with E-state index in [2.05, 4.69) is 10.3 Å². The Morgan fingerprint density at radius 3 is 3.00 bits per heavy atom. The van der Waals surface area contributed by atoms with Gasteiger partial charge in [0.1, 0.15) is 0 Å². The lowest BCUT2D eigenvalue weighted by Crippen LogP contribution is -2.33. The van der Waals surface area contributed by atoms with E-state index in [0.717, 1.165) is 31.6 Å². The van der Waals surface area contributed by atoms with E-state index in [0.29, 0.717) is 18.9 Å². The number of hydrogen-bond donors (Lipinski definition) is 1. The van der Waals surface area contributed by atoms with Crippen LogP contribution in [0.5, 0.6) is 0 Å². The van der Waals surface area contributed by atoms with Crippen molar-refractivity contribution in [2.24, 2.45) is 5.92 Å². The number of amides is 1. The first kappa shape index (κ1) is 12.5. The maximum Gasteiger partial charge on any atom is 0.222 e. The Bertz CT molecular complexity index is 347. The summed E-state index contributed by atoms with van der Waals surface area (Å²) < 4.78 is 0. The summed E-state index contributed by atoms with van der Waals surface area (Å²) in [6.07, 6.45) is 2.93. The van der Waals surface area contributed by atoms with Crippen molar-refractivity contribution < 1.29 is 4.79 Å². The smallest absolute Gasteiger partial charge is 0.222 e. The van der Waals surface area contributed by atoms with Gasteiger partial charge in [-0.3, -0.25) is 4.79 Å². The van der Waals surface area contributed by atoms with Gasteiger partial charge in [0.25, 0.3) is 0 Å². The van der Waals surface area contributed by atoms with Crippen LogP contribution in [0.1, 0.15) is 25.0 Å². The molecule has 0 atom stereocenters. The predicted octanol–water partition coefficient (Wildman–Crippen LogP) is 1.49. The lowest BCUT2D eigenvalue weighted by molar-refractivity contribution is -0.131. The second-order valence-corrected chi connectivity index (χ2v) is 5.35. The molecule has 1 aliphatic heterocycles. The topological polar surface area (TPSA) is 45.2 Å². The summed E-state index contributed by atoms with van der Waals surface area (Å²) in [5.74, 6) is 0.798. The zero-order chi connectivity index (χ0) is 12.1. The second kappa shape index (κ2) is 6.12. The summed E-state index contributed by atoms with van der Waals surface area (Å²) in [6.45, 7) is 2.73. The molecule has 1 N–H and O–H groups in total. The van der Waals surface area contributed by atoms with Crippen molar-refractivity contribution in [3.63, 3.8) is 0 Å². The van der Waals surface area contributed by atoms with E-state index < -0.39 is 0 Å². The van der Waals surface area contributed by atoms with Crippen molar-refractivity contribution in [1.29, 1.82) is 0 Å². The highest BCUT2D eigenvalue weighted by Gasteiger charge is 2.19. The molecule has 0 spiro atoms. The third-order valence-electron chi connectivity index (χ3n) is 3.23. The maximum absolute atomic E-state index is 12.0. The lowest BCUT2D eigenvalue weighted by atomic mass is 9.94. The fourth-order valence-corrected chi connectivity index (χ4v) is 2.68. The highest BCUT2D eigenvalue weighted by Crippen LogP contribution is 2.17. The molecule has 0 unspecified atom stereocenters. The summed E-state index contributed by atoms with van der Waals surface area (Å²) in [4.78, 5) is 18.0. The number of thiazole rings is 1. The minimum Gasteiger partial charge on any atom is -0.340 e. The van der Waals surface area contributed by atoms with Gasteiger partial charge in [0, 0.05) is 18.8 Å². The van der Waals surface area contributed by atoms with Gasteiger partial charge < -0.3 is 10.2 Å². The molecule has 17 heavy (non-hydrogen) atoms. The molecule has 0 saturated carbocycles. The van der Waals surface area contributed by atoms with Crippen LogP contribution in [0.3, 0.4) is 0 Å². The Morgan fingerprint density at radius 2 is 2.35 bits per heavy atom. The number of carbonyl (C=O) groups excluding carboxylic acids is 1. The average Bonchev–Trinajstić information content (AvgIpc) is 2.83. The first-order valence-corrected chi connectivity index (χ1v) is 7.01. The van der Waals surface area contributed by atoms with Crippen molar-refractivity contribution >= 4 is 17.2 Å². The molecule has 1 aromatic heterocycles. The van der Waals surface area contributed by atoms with Crippen LogP contribution < -0.4 is 5.32 Å². The normalized spacial score (nSPS) is 17.0. The summed E-state index contributed by atoms with van der Waals surface area (Å²) in [5, 5.41) is 5.31. The Labute approximate surface area is 106 Å². The van der Waals surface area contributed by atoms with Crippen LogP contribution in [0, 0.1) is 5.92 Å². The number of rotatable bonds is 4. The fourth-order valence-electron chi connectivity index (χ4n) is 2.14. The first-order valence-electron chi connectivity index (χ1n) is 6.07. The molecular weight excluding hydrogens is 234 g/mol. The van der Waals surface area contributed by atoms with Gasteiger partial charge in [0.2, 0.25) is 5.91 Å². The molecule has 4 nitrogen and oxygen atoms in total. The van der Waals surface area contributed by atoms with Crippen LogP contribution in [0.2, 0.25) is 0 Å². The first-order chi connectivity index (χ1) is 8.25. The molecule has 1 saturated heterocycles. The molecule has 2 heterocycles. The van der Waals surface area contributed by atoms with Crippen molar-refractivity contribution in [1.82, 2.24) is 15.2 Å². The summed E-state index contributed by atoms with van der Waals surface area (Å²) in [6, 6.07) is 0. The Morgan fingerprint density at radius 1 is 1.59 bits per heavy atom. The van der Waals surface area contributed by atoms with Gasteiger partial charge in [0.05, 0.1) is 17.7 Å². The number of nitrogens with one attached hydrogen (secondary N) is 1. The summed E-state index contributed by atoms with van der Waals surface area (Å²) >= 11 is 1.57. The van der Waals surface area contributed by atoms with E-state index in [9.17, 15) is 4.79 Å². The average molecular weight is 253 g/mol. The zero-order valence-corrected chi connectivity index (χ0v) is 11.0. The highest BCUT2D eigenvalue weighted by atomic mass is 32.1. The maximum atomic E-state index is 12.0. The van der Waals surface area contributed by atoms with Crippen molar-refractivity contribution in [2.45, 2.75) is 25.8 Å². The van der Waals surface area contributed by atoms with E-state index in [1.165, 1.54) is 0 Å². The number of piperidine rings is 1. The molecule has 0 aromatic carbocycles. The van der Waals surface area contributed by atoms with Gasteiger partial charge >= 0.3 is 0 Å². The molecule has 1 aliphatic rings. The molecule has 0 aliphatic carbocycles. The van der Waals surface area contributed by atoms with Gasteiger partial charge in [0.15, 0.2) is 0 Å². The molecule has 2 rings (SSSR count). The molecule has 1 fully saturated rings. The van der Waals surface area contributed by atoms with E-state index in [-0.39, 0.29) is 5.91 Å². The second-order valence-electron chi connectivity index (χ2n) is 4.63. The van der Waals surface area contributed by atoms with Crippen LogP contribution in [-0.2, 0) is 11.3 Å². The van der Waals surface area contributed by atoms with Crippen molar-refractivity contribution in [3.05, 3.63) is 16.6 Å². The van der Waals surface area contributed by atoms with Gasteiger partial charge in [-0.15, -0.1) is 11.3 Å². The fraction of sp³-hybridized carbons (Fsp3) is 0.667. The standard InChI is InChI=1S/C12H19N3OS/c1-15(7-11-8-17-9-14-11)12(16)6-10-2-4-13-5-3-10/h8-10,13H,2-7H2,1H3. The number of carbonyl (C=O) groups is 1. The number of nitrogens with zero attached hydrogens (tertiary/aromatic N) is 2. The van der Waals surface area contributed by atoms with E-state index in [4.69, 9.17) is 0 Å². The molecular formula is C12H19N3OS. The van der Waals surface area contributed by atoms with Crippen LogP contribution in [0.25, 0.3) is 0 Å². The SMILES string of the molecule is CN(Cc1cscn1)C(=O)CC1CCNCC1. The van der Waals surface area contributed by atoms with Gasteiger partial charge in [-0.2, -0.15) is 0 Å². The van der Waals surface area contributed by atoms with Crippen LogP contribution in [0.15, 0.2) is 10.9 Å². The third kappa shape index (κ3) is 3.78. The Kier molecular flexibility index (Phi) is 4.50. The van der Waals surface area contributed by atoms with E-state index >= 15 is 0 Å². The van der Waals surface area contributed by atoms with Gasteiger partial charge in [-0.1, -0.05) is 0 Å².